The molecule has 112 valence electrons. The number of nitrogens with two attached hydrogens (primary N) is 1. The summed E-state index contributed by atoms with van der Waals surface area (Å²) in [4.78, 5) is 2.41. The van der Waals surface area contributed by atoms with Gasteiger partial charge in [-0.05, 0) is 30.7 Å². The van der Waals surface area contributed by atoms with Crippen LogP contribution in [-0.4, -0.2) is 52.8 Å². The van der Waals surface area contributed by atoms with Gasteiger partial charge in [-0.1, -0.05) is 0 Å². The number of aryl methyl sites for hydroxylation is 1. The molecular weight excluding hydrogens is 280 g/mol. The second-order valence-corrected chi connectivity index (χ2v) is 6.30. The highest BCUT2D eigenvalue weighted by Crippen LogP contribution is 2.20. The summed E-state index contributed by atoms with van der Waals surface area (Å²) in [5, 5.41) is 5.12. The summed E-state index contributed by atoms with van der Waals surface area (Å²) in [5.74, 6) is 0.656. The fraction of sp³-hybridized carbons (Fsp3) is 0.538. The third-order valence-electron chi connectivity index (χ3n) is 3.23. The number of rotatable bonds is 5. The molecule has 0 unspecified atom stereocenters. The first-order chi connectivity index (χ1) is 9.47. The number of nitrogens with zero attached hydrogens (tertiary/aromatic N) is 1. The first kappa shape index (κ1) is 15.2. The van der Waals surface area contributed by atoms with Crippen LogP contribution < -0.4 is 9.88 Å². The van der Waals surface area contributed by atoms with Crippen molar-refractivity contribution >= 4 is 10.0 Å². The van der Waals surface area contributed by atoms with Crippen molar-refractivity contribution in [3.63, 3.8) is 0 Å². The Balaban J connectivity index is 1.89. The minimum absolute atomic E-state index is 0.137. The number of benzene rings is 1. The van der Waals surface area contributed by atoms with Gasteiger partial charge in [0.15, 0.2) is 0 Å². The molecule has 0 aromatic heterocycles. The molecule has 0 saturated carbocycles. The molecule has 1 aromatic rings. The molecule has 1 saturated heterocycles. The Bertz CT molecular complexity index is 553. The molecule has 1 aliphatic heterocycles. The number of primary sulfonamides is 1. The highest BCUT2D eigenvalue weighted by Gasteiger charge is 2.13. The van der Waals surface area contributed by atoms with Crippen LogP contribution in [0.4, 0.5) is 0 Å². The average Bonchev–Trinajstić information content (AvgIpc) is 2.38. The number of sulfonamides is 1. The summed E-state index contributed by atoms with van der Waals surface area (Å²) in [6, 6.07) is 4.81. The summed E-state index contributed by atoms with van der Waals surface area (Å²) in [6.07, 6.45) is 0. The van der Waals surface area contributed by atoms with Gasteiger partial charge in [-0.3, -0.25) is 4.90 Å². The van der Waals surface area contributed by atoms with Gasteiger partial charge < -0.3 is 9.47 Å². The van der Waals surface area contributed by atoms with Crippen LogP contribution >= 0.6 is 0 Å². The molecule has 0 atom stereocenters. The molecular formula is C13H20N2O4S. The predicted octanol–water partition coefficient (Wildman–Crippen LogP) is 0.353. The lowest BCUT2D eigenvalue weighted by molar-refractivity contribution is 0.0322. The minimum Gasteiger partial charge on any atom is -0.492 e. The first-order valence-corrected chi connectivity index (χ1v) is 8.08. The van der Waals surface area contributed by atoms with Crippen LogP contribution in [0.3, 0.4) is 0 Å². The zero-order chi connectivity index (χ0) is 14.6. The summed E-state index contributed by atoms with van der Waals surface area (Å²) in [6.45, 7) is 6.48. The van der Waals surface area contributed by atoms with Gasteiger partial charge in [0.2, 0.25) is 10.0 Å². The lowest BCUT2D eigenvalue weighted by Gasteiger charge is -2.26. The van der Waals surface area contributed by atoms with Crippen molar-refractivity contribution in [3.8, 4) is 5.75 Å². The molecule has 2 rings (SSSR count). The molecule has 7 heteroatoms. The zero-order valence-electron chi connectivity index (χ0n) is 11.5. The fourth-order valence-electron chi connectivity index (χ4n) is 2.15. The molecule has 6 nitrogen and oxygen atoms in total. The highest BCUT2D eigenvalue weighted by atomic mass is 32.2. The third-order valence-corrected chi connectivity index (χ3v) is 4.30. The molecule has 0 bridgehead atoms. The molecule has 0 aliphatic carbocycles. The molecule has 0 spiro atoms. The second-order valence-electron chi connectivity index (χ2n) is 4.77. The summed E-state index contributed by atoms with van der Waals surface area (Å²) < 4.78 is 33.5. The smallest absolute Gasteiger partial charge is 0.238 e. The SMILES string of the molecule is Cc1cc(OCCN2CCOCC2)ccc1S(N)(=O)=O. The normalized spacial score (nSPS) is 17.1. The van der Waals surface area contributed by atoms with Crippen LogP contribution in [0, 0.1) is 6.92 Å². The average molecular weight is 300 g/mol. The van der Waals surface area contributed by atoms with Gasteiger partial charge in [0, 0.05) is 19.6 Å². The van der Waals surface area contributed by atoms with E-state index in [1.54, 1.807) is 19.1 Å². The van der Waals surface area contributed by atoms with Gasteiger partial charge in [-0.2, -0.15) is 0 Å². The highest BCUT2D eigenvalue weighted by molar-refractivity contribution is 7.89. The van der Waals surface area contributed by atoms with Crippen molar-refractivity contribution in [1.82, 2.24) is 4.90 Å². The molecule has 1 heterocycles. The van der Waals surface area contributed by atoms with E-state index in [4.69, 9.17) is 14.6 Å². The predicted molar refractivity (Wildman–Crippen MR) is 75.3 cm³/mol. The maximum Gasteiger partial charge on any atom is 0.238 e. The Morgan fingerprint density at radius 3 is 2.65 bits per heavy atom. The van der Waals surface area contributed by atoms with Gasteiger partial charge in [0.25, 0.3) is 0 Å². The third kappa shape index (κ3) is 4.17. The van der Waals surface area contributed by atoms with Crippen molar-refractivity contribution in [2.75, 3.05) is 39.5 Å². The standard InChI is InChI=1S/C13H20N2O4S/c1-11-10-12(2-3-13(11)20(14,16)17)19-9-6-15-4-7-18-8-5-15/h2-3,10H,4-9H2,1H3,(H2,14,16,17). The van der Waals surface area contributed by atoms with E-state index in [-0.39, 0.29) is 4.90 Å². The largest absolute Gasteiger partial charge is 0.492 e. The van der Waals surface area contributed by atoms with Crippen molar-refractivity contribution in [2.24, 2.45) is 5.14 Å². The second kappa shape index (κ2) is 6.53. The van der Waals surface area contributed by atoms with E-state index >= 15 is 0 Å². The van der Waals surface area contributed by atoms with Crippen LogP contribution in [-0.2, 0) is 14.8 Å². The quantitative estimate of drug-likeness (QED) is 0.848. The van der Waals surface area contributed by atoms with E-state index in [1.165, 1.54) is 6.07 Å². The van der Waals surface area contributed by atoms with E-state index in [0.29, 0.717) is 17.9 Å². The van der Waals surface area contributed by atoms with E-state index in [2.05, 4.69) is 4.90 Å². The Kier molecular flexibility index (Phi) is 4.98. The summed E-state index contributed by atoms with van der Waals surface area (Å²) in [5.41, 5.74) is 0.594. The van der Waals surface area contributed by atoms with Crippen LogP contribution in [0.15, 0.2) is 23.1 Å². The molecule has 0 radical (unpaired) electrons. The molecule has 2 N–H and O–H groups in total. The van der Waals surface area contributed by atoms with Crippen LogP contribution in [0.2, 0.25) is 0 Å². The molecule has 1 aliphatic rings. The lowest BCUT2D eigenvalue weighted by Crippen LogP contribution is -2.38. The van der Waals surface area contributed by atoms with Crippen molar-refractivity contribution in [1.29, 1.82) is 0 Å². The van der Waals surface area contributed by atoms with Gasteiger partial charge in [0.05, 0.1) is 18.1 Å². The van der Waals surface area contributed by atoms with Gasteiger partial charge in [-0.15, -0.1) is 0 Å². The first-order valence-electron chi connectivity index (χ1n) is 6.53. The van der Waals surface area contributed by atoms with E-state index < -0.39 is 10.0 Å². The number of morpholine rings is 1. The van der Waals surface area contributed by atoms with E-state index in [1.807, 2.05) is 0 Å². The molecule has 1 aromatic carbocycles. The molecule has 0 amide bonds. The van der Waals surface area contributed by atoms with Gasteiger partial charge >= 0.3 is 0 Å². The van der Waals surface area contributed by atoms with Crippen molar-refractivity contribution in [2.45, 2.75) is 11.8 Å². The Morgan fingerprint density at radius 1 is 1.35 bits per heavy atom. The van der Waals surface area contributed by atoms with Crippen LogP contribution in [0.5, 0.6) is 5.75 Å². The van der Waals surface area contributed by atoms with Gasteiger partial charge in [0.1, 0.15) is 12.4 Å². The van der Waals surface area contributed by atoms with E-state index in [9.17, 15) is 8.42 Å². The van der Waals surface area contributed by atoms with Crippen molar-refractivity contribution < 1.29 is 17.9 Å². The van der Waals surface area contributed by atoms with Gasteiger partial charge in [-0.25, -0.2) is 13.6 Å². The topological polar surface area (TPSA) is 81.9 Å². The van der Waals surface area contributed by atoms with Crippen LogP contribution in [0.1, 0.15) is 5.56 Å². The Morgan fingerprint density at radius 2 is 2.05 bits per heavy atom. The number of hydrogen-bond acceptors (Lipinski definition) is 5. The van der Waals surface area contributed by atoms with Crippen molar-refractivity contribution in [3.05, 3.63) is 23.8 Å². The zero-order valence-corrected chi connectivity index (χ0v) is 12.4. The number of hydrogen-bond donors (Lipinski definition) is 1. The maximum absolute atomic E-state index is 11.3. The van der Waals surface area contributed by atoms with E-state index in [0.717, 1.165) is 32.8 Å². The Labute approximate surface area is 119 Å². The lowest BCUT2D eigenvalue weighted by atomic mass is 10.2. The summed E-state index contributed by atoms with van der Waals surface area (Å²) in [7, 11) is -3.67. The summed E-state index contributed by atoms with van der Waals surface area (Å²) >= 11 is 0. The molecule has 20 heavy (non-hydrogen) atoms. The monoisotopic (exact) mass is 300 g/mol. The minimum atomic E-state index is -3.67. The van der Waals surface area contributed by atoms with Crippen LogP contribution in [0.25, 0.3) is 0 Å². The molecule has 1 fully saturated rings. The Hall–Kier alpha value is -1.15. The maximum atomic E-state index is 11.3. The fourth-order valence-corrected chi connectivity index (χ4v) is 2.91. The number of ether oxygens (including phenoxy) is 2.